The number of nitrogens with zero attached hydrogens (tertiary/aromatic N) is 3. The van der Waals surface area contributed by atoms with Gasteiger partial charge in [0.1, 0.15) is 5.75 Å². The third kappa shape index (κ3) is 3.72. The predicted octanol–water partition coefficient (Wildman–Crippen LogP) is 3.94. The molecule has 1 saturated carbocycles. The van der Waals surface area contributed by atoms with Crippen LogP contribution in [-0.4, -0.2) is 40.2 Å². The summed E-state index contributed by atoms with van der Waals surface area (Å²) in [5.74, 6) is -0.0435. The molecule has 0 amide bonds. The van der Waals surface area contributed by atoms with Crippen LogP contribution in [-0.2, 0) is 4.74 Å². The maximum Gasteiger partial charge on any atom is 0.339 e. The van der Waals surface area contributed by atoms with Gasteiger partial charge in [-0.2, -0.15) is 5.10 Å². The van der Waals surface area contributed by atoms with E-state index in [0.29, 0.717) is 33.8 Å². The van der Waals surface area contributed by atoms with Gasteiger partial charge in [0.15, 0.2) is 12.3 Å². The number of ketones is 1. The fraction of sp³-hybridized carbons (Fsp3) is 0.364. The minimum Gasteiger partial charge on any atom is -0.496 e. The first-order valence-electron chi connectivity index (χ1n) is 9.71. The van der Waals surface area contributed by atoms with Gasteiger partial charge in [-0.3, -0.25) is 4.79 Å². The molecular weight excluding hydrogens is 370 g/mol. The van der Waals surface area contributed by atoms with Crippen LogP contribution in [0.15, 0.2) is 36.5 Å². The average molecular weight is 393 g/mol. The Morgan fingerprint density at radius 1 is 1.21 bits per heavy atom. The molecule has 150 valence electrons. The molecule has 0 atom stereocenters. The highest BCUT2D eigenvalue weighted by Gasteiger charge is 2.29. The number of carbonyl (C=O) groups is 2. The highest BCUT2D eigenvalue weighted by Crippen LogP contribution is 2.40. The van der Waals surface area contributed by atoms with Gasteiger partial charge in [-0.1, -0.05) is 12.1 Å². The number of pyridine rings is 1. The molecule has 0 spiro atoms. The molecule has 0 N–H and O–H groups in total. The lowest BCUT2D eigenvalue weighted by molar-refractivity contribution is 0.0475. The topological polar surface area (TPSA) is 83.3 Å². The summed E-state index contributed by atoms with van der Waals surface area (Å²) in [7, 11) is 1.50. The van der Waals surface area contributed by atoms with Gasteiger partial charge in [-0.25, -0.2) is 14.5 Å². The van der Waals surface area contributed by atoms with Gasteiger partial charge < -0.3 is 9.47 Å². The number of rotatable bonds is 7. The zero-order chi connectivity index (χ0) is 20.5. The quantitative estimate of drug-likeness (QED) is 0.447. The SMILES string of the molecule is COc1ccccc1C(=O)COC(=O)c1cc(C2CC2)nc2c1cnn2C(C)C. The molecule has 0 unspecified atom stereocenters. The van der Waals surface area contributed by atoms with Crippen LogP contribution < -0.4 is 4.74 Å². The second-order valence-corrected chi connectivity index (χ2v) is 7.49. The van der Waals surface area contributed by atoms with Gasteiger partial charge >= 0.3 is 5.97 Å². The van der Waals surface area contributed by atoms with E-state index in [1.165, 1.54) is 7.11 Å². The maximum absolute atomic E-state index is 12.9. The number of benzene rings is 1. The zero-order valence-electron chi connectivity index (χ0n) is 16.7. The lowest BCUT2D eigenvalue weighted by Gasteiger charge is -2.11. The lowest BCUT2D eigenvalue weighted by atomic mass is 10.1. The normalized spacial score (nSPS) is 13.7. The molecule has 2 heterocycles. The molecule has 7 nitrogen and oxygen atoms in total. The first kappa shape index (κ1) is 19.1. The fourth-order valence-electron chi connectivity index (χ4n) is 3.33. The minimum absolute atomic E-state index is 0.116. The summed E-state index contributed by atoms with van der Waals surface area (Å²) >= 11 is 0. The van der Waals surface area contributed by atoms with E-state index in [4.69, 9.17) is 14.5 Å². The Morgan fingerprint density at radius 3 is 2.66 bits per heavy atom. The van der Waals surface area contributed by atoms with E-state index in [1.807, 2.05) is 13.8 Å². The average Bonchev–Trinajstić information content (AvgIpc) is 3.49. The van der Waals surface area contributed by atoms with Crippen molar-refractivity contribution in [3.8, 4) is 5.75 Å². The van der Waals surface area contributed by atoms with Gasteiger partial charge in [0, 0.05) is 17.7 Å². The van der Waals surface area contributed by atoms with E-state index in [-0.39, 0.29) is 18.4 Å². The second kappa shape index (κ2) is 7.66. The lowest BCUT2D eigenvalue weighted by Crippen LogP contribution is -2.16. The van der Waals surface area contributed by atoms with Crippen molar-refractivity contribution in [3.63, 3.8) is 0 Å². The minimum atomic E-state index is -0.550. The Hall–Kier alpha value is -3.22. The molecule has 0 bridgehead atoms. The molecule has 2 aromatic heterocycles. The number of esters is 1. The highest BCUT2D eigenvalue weighted by atomic mass is 16.5. The molecule has 0 radical (unpaired) electrons. The maximum atomic E-state index is 12.9. The molecule has 7 heteroatoms. The third-order valence-corrected chi connectivity index (χ3v) is 5.03. The number of hydrogen-bond acceptors (Lipinski definition) is 6. The predicted molar refractivity (Wildman–Crippen MR) is 107 cm³/mol. The van der Waals surface area contributed by atoms with E-state index < -0.39 is 5.97 Å². The monoisotopic (exact) mass is 393 g/mol. The zero-order valence-corrected chi connectivity index (χ0v) is 16.7. The Labute approximate surface area is 168 Å². The molecule has 1 aromatic carbocycles. The molecule has 4 rings (SSSR count). The van der Waals surface area contributed by atoms with Crippen molar-refractivity contribution < 1.29 is 19.1 Å². The molecule has 0 saturated heterocycles. The number of hydrogen-bond donors (Lipinski definition) is 0. The van der Waals surface area contributed by atoms with Gasteiger partial charge in [0.2, 0.25) is 5.78 Å². The standard InChI is InChI=1S/C22H23N3O4/c1-13(2)25-21-17(11-23-25)16(10-18(24-21)14-8-9-14)22(27)29-12-19(26)15-6-4-5-7-20(15)28-3/h4-7,10-11,13-14H,8-9,12H2,1-3H3. The van der Waals surface area contributed by atoms with E-state index in [2.05, 4.69) is 5.10 Å². The van der Waals surface area contributed by atoms with Crippen LogP contribution >= 0.6 is 0 Å². The molecule has 1 aliphatic carbocycles. The van der Waals surface area contributed by atoms with Crippen molar-refractivity contribution in [2.75, 3.05) is 13.7 Å². The van der Waals surface area contributed by atoms with Gasteiger partial charge in [0.05, 0.1) is 29.8 Å². The summed E-state index contributed by atoms with van der Waals surface area (Å²) in [5, 5.41) is 5.02. The summed E-state index contributed by atoms with van der Waals surface area (Å²) < 4.78 is 12.4. The number of ether oxygens (including phenoxy) is 2. The van der Waals surface area contributed by atoms with Crippen LogP contribution in [0.5, 0.6) is 5.75 Å². The Bertz CT molecular complexity index is 1080. The summed E-state index contributed by atoms with van der Waals surface area (Å²) in [4.78, 5) is 30.1. The summed E-state index contributed by atoms with van der Waals surface area (Å²) in [6.45, 7) is 3.67. The Kier molecular flexibility index (Phi) is 5.05. The van der Waals surface area contributed by atoms with Gasteiger partial charge in [-0.15, -0.1) is 0 Å². The Morgan fingerprint density at radius 2 is 1.97 bits per heavy atom. The van der Waals surface area contributed by atoms with Crippen molar-refractivity contribution in [2.45, 2.75) is 38.6 Å². The number of methoxy groups -OCH3 is 1. The van der Waals surface area contributed by atoms with Crippen LogP contribution in [0.3, 0.4) is 0 Å². The number of carbonyl (C=O) groups excluding carboxylic acids is 2. The van der Waals surface area contributed by atoms with Crippen molar-refractivity contribution >= 4 is 22.8 Å². The molecule has 3 aromatic rings. The van der Waals surface area contributed by atoms with E-state index >= 15 is 0 Å². The molecule has 29 heavy (non-hydrogen) atoms. The summed E-state index contributed by atoms with van der Waals surface area (Å²) in [6, 6.07) is 8.77. The molecular formula is C22H23N3O4. The van der Waals surface area contributed by atoms with Crippen molar-refractivity contribution in [1.82, 2.24) is 14.8 Å². The van der Waals surface area contributed by atoms with Crippen LogP contribution in [0.25, 0.3) is 11.0 Å². The fourth-order valence-corrected chi connectivity index (χ4v) is 3.33. The smallest absolute Gasteiger partial charge is 0.339 e. The molecule has 0 aliphatic heterocycles. The summed E-state index contributed by atoms with van der Waals surface area (Å²) in [6.07, 6.45) is 3.77. The van der Waals surface area contributed by atoms with Crippen LogP contribution in [0.1, 0.15) is 65.1 Å². The first-order chi connectivity index (χ1) is 14.0. The van der Waals surface area contributed by atoms with Crippen molar-refractivity contribution in [1.29, 1.82) is 0 Å². The number of fused-ring (bicyclic) bond motifs is 1. The van der Waals surface area contributed by atoms with E-state index in [1.54, 1.807) is 41.2 Å². The van der Waals surface area contributed by atoms with Crippen molar-refractivity contribution in [2.24, 2.45) is 0 Å². The second-order valence-electron chi connectivity index (χ2n) is 7.49. The largest absolute Gasteiger partial charge is 0.496 e. The summed E-state index contributed by atoms with van der Waals surface area (Å²) in [5.41, 5.74) is 2.33. The molecule has 1 fully saturated rings. The highest BCUT2D eigenvalue weighted by molar-refractivity contribution is 6.05. The van der Waals surface area contributed by atoms with Crippen LogP contribution in [0.4, 0.5) is 0 Å². The first-order valence-corrected chi connectivity index (χ1v) is 9.71. The van der Waals surface area contributed by atoms with E-state index in [9.17, 15) is 9.59 Å². The van der Waals surface area contributed by atoms with Gasteiger partial charge in [0.25, 0.3) is 0 Å². The Balaban J connectivity index is 1.60. The number of para-hydroxylation sites is 1. The number of Topliss-reactive ketones (excluding diaryl/α,β-unsaturated/α-hetero) is 1. The molecule has 1 aliphatic rings. The van der Waals surface area contributed by atoms with Crippen molar-refractivity contribution in [3.05, 3.63) is 53.3 Å². The number of aromatic nitrogens is 3. The van der Waals surface area contributed by atoms with E-state index in [0.717, 1.165) is 18.5 Å². The van der Waals surface area contributed by atoms with Crippen LogP contribution in [0.2, 0.25) is 0 Å². The third-order valence-electron chi connectivity index (χ3n) is 5.03. The van der Waals surface area contributed by atoms with Crippen LogP contribution in [0, 0.1) is 0 Å². The van der Waals surface area contributed by atoms with Gasteiger partial charge in [-0.05, 0) is 44.9 Å².